The van der Waals surface area contributed by atoms with Gasteiger partial charge in [-0.3, -0.25) is 4.79 Å². The number of hydrogen-bond donors (Lipinski definition) is 0. The van der Waals surface area contributed by atoms with Crippen molar-refractivity contribution in [1.29, 1.82) is 0 Å². The maximum absolute atomic E-state index is 12.5. The number of nitrogens with zero attached hydrogens (tertiary/aromatic N) is 1. The molecule has 1 fully saturated rings. The first kappa shape index (κ1) is 12.2. The Labute approximate surface area is 103 Å². The molecule has 1 saturated heterocycles. The van der Waals surface area contributed by atoms with Crippen LogP contribution in [0.4, 0.5) is 0 Å². The zero-order valence-electron chi connectivity index (χ0n) is 11.0. The molecule has 2 rings (SSSR count). The molecule has 0 aromatic carbocycles. The molecule has 0 radical (unpaired) electrons. The van der Waals surface area contributed by atoms with Gasteiger partial charge in [-0.15, -0.1) is 0 Å². The molecule has 1 atom stereocenters. The van der Waals surface area contributed by atoms with Crippen molar-refractivity contribution in [3.8, 4) is 0 Å². The van der Waals surface area contributed by atoms with Crippen molar-refractivity contribution >= 4 is 5.91 Å². The second-order valence-electron chi connectivity index (χ2n) is 4.91. The number of hydrogen-bond acceptors (Lipinski definition) is 2. The first-order valence-corrected chi connectivity index (χ1v) is 6.50. The van der Waals surface area contributed by atoms with E-state index in [1.165, 1.54) is 6.42 Å². The van der Waals surface area contributed by atoms with Crippen molar-refractivity contribution in [2.24, 2.45) is 0 Å². The fourth-order valence-corrected chi connectivity index (χ4v) is 2.73. The van der Waals surface area contributed by atoms with Crippen LogP contribution in [0.3, 0.4) is 0 Å². The van der Waals surface area contributed by atoms with E-state index in [9.17, 15) is 4.79 Å². The summed E-state index contributed by atoms with van der Waals surface area (Å²) in [4.78, 5) is 14.6. The zero-order chi connectivity index (χ0) is 12.4. The van der Waals surface area contributed by atoms with Gasteiger partial charge in [-0.2, -0.15) is 0 Å². The number of aryl methyl sites for hydroxylation is 2. The third kappa shape index (κ3) is 2.24. The third-order valence-corrected chi connectivity index (χ3v) is 3.73. The van der Waals surface area contributed by atoms with Gasteiger partial charge < -0.3 is 9.32 Å². The predicted molar refractivity (Wildman–Crippen MR) is 67.1 cm³/mol. The Balaban J connectivity index is 2.24. The molecule has 1 aromatic rings. The van der Waals surface area contributed by atoms with Crippen LogP contribution in [0.5, 0.6) is 0 Å². The van der Waals surface area contributed by atoms with E-state index >= 15 is 0 Å². The molecular formula is C14H21NO2. The molecule has 2 heterocycles. The van der Waals surface area contributed by atoms with E-state index in [1.54, 1.807) is 6.26 Å². The molecule has 1 aromatic heterocycles. The fourth-order valence-electron chi connectivity index (χ4n) is 2.73. The van der Waals surface area contributed by atoms with Gasteiger partial charge in [-0.05, 0) is 39.5 Å². The second-order valence-corrected chi connectivity index (χ2v) is 4.91. The van der Waals surface area contributed by atoms with Crippen molar-refractivity contribution in [3.05, 3.63) is 23.2 Å². The van der Waals surface area contributed by atoms with Crippen LogP contribution in [0, 0.1) is 13.8 Å². The molecule has 0 bridgehead atoms. The number of piperidine rings is 1. The fraction of sp³-hybridized carbons (Fsp3) is 0.643. The van der Waals surface area contributed by atoms with Gasteiger partial charge in [-0.25, -0.2) is 0 Å². The first-order chi connectivity index (χ1) is 8.15. The molecule has 1 unspecified atom stereocenters. The molecular weight excluding hydrogens is 214 g/mol. The highest BCUT2D eigenvalue weighted by molar-refractivity contribution is 5.96. The monoisotopic (exact) mass is 235 g/mol. The van der Waals surface area contributed by atoms with Gasteiger partial charge in [0.25, 0.3) is 5.91 Å². The Morgan fingerprint density at radius 1 is 1.47 bits per heavy atom. The van der Waals surface area contributed by atoms with Crippen LogP contribution >= 0.6 is 0 Å². The quantitative estimate of drug-likeness (QED) is 0.788. The summed E-state index contributed by atoms with van der Waals surface area (Å²) in [7, 11) is 0. The van der Waals surface area contributed by atoms with Crippen molar-refractivity contribution < 1.29 is 9.21 Å². The molecule has 3 nitrogen and oxygen atoms in total. The average molecular weight is 235 g/mol. The Morgan fingerprint density at radius 2 is 2.24 bits per heavy atom. The van der Waals surface area contributed by atoms with E-state index in [1.807, 2.05) is 18.7 Å². The average Bonchev–Trinajstić information content (AvgIpc) is 2.68. The van der Waals surface area contributed by atoms with Gasteiger partial charge in [0.1, 0.15) is 5.76 Å². The number of carbonyl (C=O) groups excluding carboxylic acids is 1. The van der Waals surface area contributed by atoms with Gasteiger partial charge in [-0.1, -0.05) is 6.92 Å². The van der Waals surface area contributed by atoms with Crippen LogP contribution in [0.2, 0.25) is 0 Å². The lowest BCUT2D eigenvalue weighted by Crippen LogP contribution is -2.43. The molecule has 17 heavy (non-hydrogen) atoms. The van der Waals surface area contributed by atoms with E-state index in [-0.39, 0.29) is 5.91 Å². The maximum Gasteiger partial charge on any atom is 0.257 e. The highest BCUT2D eigenvalue weighted by Crippen LogP contribution is 2.25. The summed E-state index contributed by atoms with van der Waals surface area (Å²) in [5.41, 5.74) is 1.72. The van der Waals surface area contributed by atoms with Crippen LogP contribution < -0.4 is 0 Å². The number of amides is 1. The van der Waals surface area contributed by atoms with Gasteiger partial charge in [0, 0.05) is 18.2 Å². The van der Waals surface area contributed by atoms with Crippen molar-refractivity contribution in [3.63, 3.8) is 0 Å². The number of carbonyl (C=O) groups is 1. The molecule has 0 spiro atoms. The maximum atomic E-state index is 12.5. The van der Waals surface area contributed by atoms with E-state index < -0.39 is 0 Å². The smallest absolute Gasteiger partial charge is 0.257 e. The molecule has 1 amide bonds. The second kappa shape index (κ2) is 4.94. The van der Waals surface area contributed by atoms with Crippen molar-refractivity contribution in [2.75, 3.05) is 6.54 Å². The normalized spacial score (nSPS) is 20.6. The predicted octanol–water partition coefficient (Wildman–Crippen LogP) is 3.30. The number of likely N-dealkylation sites (tertiary alicyclic amines) is 1. The Kier molecular flexibility index (Phi) is 3.55. The molecule has 1 aliphatic heterocycles. The van der Waals surface area contributed by atoms with Crippen molar-refractivity contribution in [2.45, 2.75) is 52.5 Å². The van der Waals surface area contributed by atoms with E-state index in [0.717, 1.165) is 42.7 Å². The molecule has 0 saturated carbocycles. The summed E-state index contributed by atoms with van der Waals surface area (Å²) in [6.45, 7) is 6.85. The standard InChI is InChI=1S/C14H21NO2/c1-4-12-7-5-6-8-15(12)14(16)13-10(2)9-17-11(13)3/h9,12H,4-8H2,1-3H3. The van der Waals surface area contributed by atoms with Gasteiger partial charge in [0.2, 0.25) is 0 Å². The molecule has 3 heteroatoms. The molecule has 0 aliphatic carbocycles. The number of rotatable bonds is 2. The Bertz CT molecular complexity index is 389. The minimum Gasteiger partial charge on any atom is -0.469 e. The van der Waals surface area contributed by atoms with Crippen LogP contribution in [-0.2, 0) is 0 Å². The zero-order valence-corrected chi connectivity index (χ0v) is 11.0. The minimum atomic E-state index is 0.153. The van der Waals surface area contributed by atoms with Crippen LogP contribution in [0.15, 0.2) is 10.7 Å². The molecule has 0 N–H and O–H groups in total. The lowest BCUT2D eigenvalue weighted by atomic mass is 9.98. The van der Waals surface area contributed by atoms with E-state index in [0.29, 0.717) is 6.04 Å². The summed E-state index contributed by atoms with van der Waals surface area (Å²) in [6, 6.07) is 0.407. The highest BCUT2D eigenvalue weighted by Gasteiger charge is 2.28. The summed E-state index contributed by atoms with van der Waals surface area (Å²) in [5, 5.41) is 0. The highest BCUT2D eigenvalue weighted by atomic mass is 16.3. The van der Waals surface area contributed by atoms with Gasteiger partial charge >= 0.3 is 0 Å². The first-order valence-electron chi connectivity index (χ1n) is 6.50. The SMILES string of the molecule is CCC1CCCCN1C(=O)c1c(C)coc1C. The molecule has 1 aliphatic rings. The topological polar surface area (TPSA) is 33.5 Å². The van der Waals surface area contributed by atoms with Gasteiger partial charge in [0.15, 0.2) is 0 Å². The van der Waals surface area contributed by atoms with E-state index in [2.05, 4.69) is 6.92 Å². The van der Waals surface area contributed by atoms with Crippen LogP contribution in [-0.4, -0.2) is 23.4 Å². The largest absolute Gasteiger partial charge is 0.469 e. The Hall–Kier alpha value is -1.25. The van der Waals surface area contributed by atoms with Crippen LogP contribution in [0.25, 0.3) is 0 Å². The summed E-state index contributed by atoms with van der Waals surface area (Å²) < 4.78 is 5.33. The lowest BCUT2D eigenvalue weighted by molar-refractivity contribution is 0.0605. The third-order valence-electron chi connectivity index (χ3n) is 3.73. The summed E-state index contributed by atoms with van der Waals surface area (Å²) in [5.74, 6) is 0.897. The molecule has 94 valence electrons. The summed E-state index contributed by atoms with van der Waals surface area (Å²) >= 11 is 0. The summed E-state index contributed by atoms with van der Waals surface area (Å²) in [6.07, 6.45) is 6.22. The van der Waals surface area contributed by atoms with Crippen molar-refractivity contribution in [1.82, 2.24) is 4.90 Å². The lowest BCUT2D eigenvalue weighted by Gasteiger charge is -2.35. The van der Waals surface area contributed by atoms with Crippen LogP contribution in [0.1, 0.15) is 54.3 Å². The van der Waals surface area contributed by atoms with Gasteiger partial charge in [0.05, 0.1) is 11.8 Å². The minimum absolute atomic E-state index is 0.153. The number of furan rings is 1. The Morgan fingerprint density at radius 3 is 2.82 bits per heavy atom. The van der Waals surface area contributed by atoms with E-state index in [4.69, 9.17) is 4.42 Å².